The lowest BCUT2D eigenvalue weighted by Gasteiger charge is -2.20. The molecule has 7 heteroatoms. The molecule has 3 atom stereocenters. The molecule has 0 spiro atoms. The fourth-order valence-corrected chi connectivity index (χ4v) is 3.40. The minimum Gasteiger partial charge on any atom is -0.481 e. The van der Waals surface area contributed by atoms with Crippen LogP contribution in [0, 0.1) is 18.7 Å². The van der Waals surface area contributed by atoms with Gasteiger partial charge >= 0.3 is 0 Å². The third kappa shape index (κ3) is 3.90. The van der Waals surface area contributed by atoms with Crippen molar-refractivity contribution in [3.05, 3.63) is 35.4 Å². The van der Waals surface area contributed by atoms with Crippen LogP contribution in [-0.4, -0.2) is 28.3 Å². The number of nitrogens with zero attached hydrogens (tertiary/aromatic N) is 3. The Kier molecular flexibility index (Phi) is 5.08. The van der Waals surface area contributed by atoms with Gasteiger partial charge in [0.1, 0.15) is 5.82 Å². The molecule has 0 aliphatic heterocycles. The summed E-state index contributed by atoms with van der Waals surface area (Å²) >= 11 is 0. The molecule has 1 aliphatic rings. The molecule has 0 radical (unpaired) electrons. The molecule has 24 heavy (non-hydrogen) atoms. The van der Waals surface area contributed by atoms with E-state index in [0.717, 1.165) is 25.7 Å². The normalized spacial score (nSPS) is 21.8. The predicted octanol–water partition coefficient (Wildman–Crippen LogP) is 2.98. The molecule has 0 bridgehead atoms. The summed E-state index contributed by atoms with van der Waals surface area (Å²) in [4.78, 5) is 3.88. The number of halogens is 1. The Balaban J connectivity index is 1.57. The molecule has 0 amide bonds. The van der Waals surface area contributed by atoms with Crippen molar-refractivity contribution in [2.24, 2.45) is 5.92 Å². The summed E-state index contributed by atoms with van der Waals surface area (Å²) < 4.78 is 24.6. The van der Waals surface area contributed by atoms with Gasteiger partial charge in [0.05, 0.1) is 13.3 Å². The lowest BCUT2D eigenvalue weighted by molar-refractivity contribution is 0.386. The molecule has 2 aromatic heterocycles. The van der Waals surface area contributed by atoms with Crippen LogP contribution in [0.4, 0.5) is 4.39 Å². The molecule has 3 rings (SSSR count). The maximum absolute atomic E-state index is 14.0. The van der Waals surface area contributed by atoms with Gasteiger partial charge in [0.2, 0.25) is 17.7 Å². The zero-order valence-electron chi connectivity index (χ0n) is 14.3. The van der Waals surface area contributed by atoms with Gasteiger partial charge in [0.15, 0.2) is 0 Å². The van der Waals surface area contributed by atoms with Crippen molar-refractivity contribution in [2.75, 3.05) is 7.11 Å². The number of nitrogens with one attached hydrogen (secondary N) is 1. The first kappa shape index (κ1) is 16.8. The lowest BCUT2D eigenvalue weighted by Crippen LogP contribution is -2.30. The number of rotatable bonds is 6. The van der Waals surface area contributed by atoms with E-state index in [1.807, 2.05) is 6.92 Å². The highest BCUT2D eigenvalue weighted by atomic mass is 19.1. The molecule has 1 saturated carbocycles. The molecule has 130 valence electrons. The molecule has 0 saturated heterocycles. The second-order valence-electron chi connectivity index (χ2n) is 6.43. The van der Waals surface area contributed by atoms with Gasteiger partial charge in [-0.2, -0.15) is 0 Å². The summed E-state index contributed by atoms with van der Waals surface area (Å²) in [5, 5.41) is 11.5. The molecule has 2 aromatic rings. The summed E-state index contributed by atoms with van der Waals surface area (Å²) in [6, 6.07) is 1.91. The van der Waals surface area contributed by atoms with E-state index in [9.17, 15) is 4.39 Å². The summed E-state index contributed by atoms with van der Waals surface area (Å²) in [5.74, 6) is 1.94. The lowest BCUT2D eigenvalue weighted by atomic mass is 10.0. The van der Waals surface area contributed by atoms with Crippen molar-refractivity contribution in [1.82, 2.24) is 20.5 Å². The minimum atomic E-state index is -0.313. The summed E-state index contributed by atoms with van der Waals surface area (Å²) in [7, 11) is 1.53. The second kappa shape index (κ2) is 7.25. The summed E-state index contributed by atoms with van der Waals surface area (Å²) in [6.45, 7) is 3.77. The summed E-state index contributed by atoms with van der Waals surface area (Å²) in [6.07, 6.45) is 5.21. The van der Waals surface area contributed by atoms with E-state index in [0.29, 0.717) is 35.2 Å². The summed E-state index contributed by atoms with van der Waals surface area (Å²) in [5.41, 5.74) is 0.581. The average Bonchev–Trinajstić information content (AvgIpc) is 3.17. The van der Waals surface area contributed by atoms with Gasteiger partial charge < -0.3 is 14.5 Å². The van der Waals surface area contributed by atoms with E-state index in [-0.39, 0.29) is 11.9 Å². The van der Waals surface area contributed by atoms with E-state index in [4.69, 9.17) is 9.15 Å². The van der Waals surface area contributed by atoms with Gasteiger partial charge in [0, 0.05) is 37.1 Å². The maximum Gasteiger partial charge on any atom is 0.216 e. The van der Waals surface area contributed by atoms with Crippen LogP contribution in [-0.2, 0) is 6.42 Å². The molecule has 1 fully saturated rings. The zero-order chi connectivity index (χ0) is 17.1. The first-order chi connectivity index (χ1) is 11.5. The van der Waals surface area contributed by atoms with E-state index >= 15 is 0 Å². The predicted molar refractivity (Wildman–Crippen MR) is 86.2 cm³/mol. The Morgan fingerprint density at radius 3 is 2.96 bits per heavy atom. The SMILES string of the molecule is COc1cc(C(C)N[C@H]2CC[C@@H](Cc3nnc(C)o3)C2)c(F)cn1. The highest BCUT2D eigenvalue weighted by molar-refractivity contribution is 5.25. The van der Waals surface area contributed by atoms with Crippen molar-refractivity contribution in [3.63, 3.8) is 0 Å². The van der Waals surface area contributed by atoms with Crippen LogP contribution >= 0.6 is 0 Å². The van der Waals surface area contributed by atoms with E-state index in [2.05, 4.69) is 20.5 Å². The number of hydrogen-bond donors (Lipinski definition) is 1. The molecule has 1 aliphatic carbocycles. The zero-order valence-corrected chi connectivity index (χ0v) is 14.3. The highest BCUT2D eigenvalue weighted by Crippen LogP contribution is 2.30. The van der Waals surface area contributed by atoms with Crippen LogP contribution in [0.25, 0.3) is 0 Å². The molecule has 1 unspecified atom stereocenters. The van der Waals surface area contributed by atoms with Crippen LogP contribution in [0.1, 0.15) is 49.6 Å². The van der Waals surface area contributed by atoms with Crippen molar-refractivity contribution in [1.29, 1.82) is 0 Å². The highest BCUT2D eigenvalue weighted by Gasteiger charge is 2.28. The Hall–Kier alpha value is -2.02. The monoisotopic (exact) mass is 334 g/mol. The average molecular weight is 334 g/mol. The van der Waals surface area contributed by atoms with E-state index in [1.165, 1.54) is 13.3 Å². The van der Waals surface area contributed by atoms with Crippen LogP contribution < -0.4 is 10.1 Å². The molecular formula is C17H23FN4O2. The number of pyridine rings is 1. The molecule has 2 heterocycles. The third-order valence-electron chi connectivity index (χ3n) is 4.59. The Morgan fingerprint density at radius 2 is 2.25 bits per heavy atom. The van der Waals surface area contributed by atoms with Crippen molar-refractivity contribution in [2.45, 2.75) is 51.6 Å². The number of ether oxygens (including phenoxy) is 1. The molecule has 0 aromatic carbocycles. The number of aryl methyl sites for hydroxylation is 1. The van der Waals surface area contributed by atoms with Crippen molar-refractivity contribution >= 4 is 0 Å². The first-order valence-electron chi connectivity index (χ1n) is 8.29. The van der Waals surface area contributed by atoms with Gasteiger partial charge in [-0.05, 0) is 32.1 Å². The Bertz CT molecular complexity index is 691. The number of aromatic nitrogens is 3. The van der Waals surface area contributed by atoms with Gasteiger partial charge in [-0.25, -0.2) is 9.37 Å². The second-order valence-corrected chi connectivity index (χ2v) is 6.43. The van der Waals surface area contributed by atoms with Crippen molar-refractivity contribution in [3.8, 4) is 5.88 Å². The van der Waals surface area contributed by atoms with Gasteiger partial charge in [0.25, 0.3) is 0 Å². The standard InChI is InChI=1S/C17H23FN4O2/c1-10(14-8-16(23-3)19-9-15(14)18)20-13-5-4-12(6-13)7-17-22-21-11(2)24-17/h8-10,12-13,20H,4-7H2,1-3H3/t10?,12-,13+/m1/s1. The molecule has 6 nitrogen and oxygen atoms in total. The smallest absolute Gasteiger partial charge is 0.216 e. The maximum atomic E-state index is 14.0. The van der Waals surface area contributed by atoms with Gasteiger partial charge in [-0.1, -0.05) is 0 Å². The van der Waals surface area contributed by atoms with Crippen molar-refractivity contribution < 1.29 is 13.5 Å². The van der Waals surface area contributed by atoms with Gasteiger partial charge in [-0.3, -0.25) is 0 Å². The van der Waals surface area contributed by atoms with Crippen LogP contribution in [0.3, 0.4) is 0 Å². The number of hydrogen-bond acceptors (Lipinski definition) is 6. The number of methoxy groups -OCH3 is 1. The van der Waals surface area contributed by atoms with E-state index in [1.54, 1.807) is 13.0 Å². The van der Waals surface area contributed by atoms with Crippen LogP contribution in [0.2, 0.25) is 0 Å². The fourth-order valence-electron chi connectivity index (χ4n) is 3.40. The molecular weight excluding hydrogens is 311 g/mol. The van der Waals surface area contributed by atoms with E-state index < -0.39 is 0 Å². The quantitative estimate of drug-likeness (QED) is 0.875. The minimum absolute atomic E-state index is 0.101. The fraction of sp³-hybridized carbons (Fsp3) is 0.588. The van der Waals surface area contributed by atoms with Gasteiger partial charge in [-0.15, -0.1) is 10.2 Å². The molecule has 1 N–H and O–H groups in total. The largest absolute Gasteiger partial charge is 0.481 e. The Morgan fingerprint density at radius 1 is 1.42 bits per heavy atom. The topological polar surface area (TPSA) is 73.1 Å². The van der Waals surface area contributed by atoms with Crippen LogP contribution in [0.15, 0.2) is 16.7 Å². The third-order valence-corrected chi connectivity index (χ3v) is 4.59. The Labute approximate surface area is 140 Å². The first-order valence-corrected chi connectivity index (χ1v) is 8.29. The van der Waals surface area contributed by atoms with Crippen LogP contribution in [0.5, 0.6) is 5.88 Å².